The van der Waals surface area contributed by atoms with Gasteiger partial charge < -0.3 is 14.6 Å². The number of carbonyl (C=O) groups is 2. The fourth-order valence-electron chi connectivity index (χ4n) is 1.45. The van der Waals surface area contributed by atoms with E-state index in [-0.39, 0.29) is 29.7 Å². The average Bonchev–Trinajstić information content (AvgIpc) is 2.35. The number of benzene rings is 1. The summed E-state index contributed by atoms with van der Waals surface area (Å²) in [5, 5.41) is 8.57. The van der Waals surface area contributed by atoms with Crippen molar-refractivity contribution in [3.63, 3.8) is 0 Å². The molecule has 1 aromatic carbocycles. The number of carboxylic acids is 1. The molecule has 0 aliphatic carbocycles. The van der Waals surface area contributed by atoms with E-state index in [1.165, 1.54) is 12.1 Å². The highest BCUT2D eigenvalue weighted by Gasteiger charge is 2.14. The van der Waals surface area contributed by atoms with E-state index < -0.39 is 18.6 Å². The predicted octanol–water partition coefficient (Wildman–Crippen LogP) is 2.09. The molecule has 0 fully saturated rings. The Morgan fingerprint density at radius 2 is 2.05 bits per heavy atom. The average molecular weight is 274 g/mol. The maximum atomic E-state index is 12.3. The van der Waals surface area contributed by atoms with Gasteiger partial charge in [0.2, 0.25) is 0 Å². The van der Waals surface area contributed by atoms with Gasteiger partial charge in [-0.3, -0.25) is 4.79 Å². The first-order valence-electron chi connectivity index (χ1n) is 5.32. The number of carbonyl (C=O) groups excluding carboxylic acids is 1. The fraction of sp³-hybridized carbons (Fsp3) is 0.333. The van der Waals surface area contributed by atoms with Crippen LogP contribution in [0.1, 0.15) is 22.3 Å². The number of hydrogen-bond donors (Lipinski definition) is 1. The number of ether oxygens (including phenoxy) is 2. The van der Waals surface area contributed by atoms with Crippen molar-refractivity contribution >= 4 is 11.9 Å². The monoisotopic (exact) mass is 274 g/mol. The summed E-state index contributed by atoms with van der Waals surface area (Å²) in [5.41, 5.74) is 0.340. The van der Waals surface area contributed by atoms with Gasteiger partial charge in [-0.2, -0.15) is 8.78 Å². The highest BCUT2D eigenvalue weighted by Crippen LogP contribution is 2.24. The van der Waals surface area contributed by atoms with Gasteiger partial charge in [0.1, 0.15) is 5.75 Å². The van der Waals surface area contributed by atoms with Gasteiger partial charge in [-0.25, -0.2) is 4.79 Å². The molecule has 0 spiro atoms. The molecule has 1 rings (SSSR count). The quantitative estimate of drug-likeness (QED) is 0.804. The molecule has 0 unspecified atom stereocenters. The Morgan fingerprint density at radius 3 is 2.58 bits per heavy atom. The van der Waals surface area contributed by atoms with Crippen LogP contribution >= 0.6 is 0 Å². The third-order valence-corrected chi connectivity index (χ3v) is 2.31. The minimum absolute atomic E-state index is 0.0266. The SMILES string of the molecule is COC(=O)c1ccc(CCC(=O)O)c(OC(F)F)c1. The molecule has 0 amide bonds. The number of aryl methyl sites for hydroxylation is 1. The Kier molecular flexibility index (Phi) is 5.23. The fourth-order valence-corrected chi connectivity index (χ4v) is 1.45. The minimum atomic E-state index is -3.06. The number of rotatable bonds is 6. The molecule has 0 saturated heterocycles. The number of methoxy groups -OCH3 is 1. The summed E-state index contributed by atoms with van der Waals surface area (Å²) in [6.45, 7) is -3.06. The summed E-state index contributed by atoms with van der Waals surface area (Å²) in [7, 11) is 1.16. The van der Waals surface area contributed by atoms with E-state index in [0.717, 1.165) is 13.2 Å². The summed E-state index contributed by atoms with van der Waals surface area (Å²) in [4.78, 5) is 21.7. The Labute approximate surface area is 107 Å². The van der Waals surface area contributed by atoms with Gasteiger partial charge in [0.25, 0.3) is 0 Å². The third kappa shape index (κ3) is 4.53. The van der Waals surface area contributed by atoms with Crippen molar-refractivity contribution in [2.45, 2.75) is 19.5 Å². The van der Waals surface area contributed by atoms with Crippen molar-refractivity contribution in [3.8, 4) is 5.75 Å². The molecule has 5 nitrogen and oxygen atoms in total. The van der Waals surface area contributed by atoms with E-state index in [9.17, 15) is 18.4 Å². The van der Waals surface area contributed by atoms with Crippen LogP contribution in [-0.2, 0) is 16.0 Å². The van der Waals surface area contributed by atoms with Gasteiger partial charge in [-0.05, 0) is 24.1 Å². The molecular formula is C12H12F2O5. The number of hydrogen-bond acceptors (Lipinski definition) is 4. The van der Waals surface area contributed by atoms with Crippen LogP contribution in [0, 0.1) is 0 Å². The molecule has 1 aromatic rings. The largest absolute Gasteiger partial charge is 0.481 e. The van der Waals surface area contributed by atoms with Crippen molar-refractivity contribution < 1.29 is 33.0 Å². The molecule has 0 radical (unpaired) electrons. The second-order valence-electron chi connectivity index (χ2n) is 3.59. The summed E-state index contributed by atoms with van der Waals surface area (Å²) < 4.78 is 33.3. The first kappa shape index (κ1) is 14.9. The van der Waals surface area contributed by atoms with Gasteiger partial charge >= 0.3 is 18.6 Å². The third-order valence-electron chi connectivity index (χ3n) is 2.31. The summed E-state index contributed by atoms with van der Waals surface area (Å²) in [5.74, 6) is -1.97. The molecular weight excluding hydrogens is 262 g/mol. The van der Waals surface area contributed by atoms with Crippen LogP contribution in [0.3, 0.4) is 0 Å². The van der Waals surface area contributed by atoms with E-state index in [1.807, 2.05) is 0 Å². The molecule has 0 saturated carbocycles. The van der Waals surface area contributed by atoms with E-state index in [0.29, 0.717) is 0 Å². The van der Waals surface area contributed by atoms with Crippen molar-refractivity contribution in [1.29, 1.82) is 0 Å². The summed E-state index contributed by atoms with van der Waals surface area (Å²) in [6, 6.07) is 3.84. The normalized spacial score (nSPS) is 10.3. The van der Waals surface area contributed by atoms with Gasteiger partial charge in [-0.1, -0.05) is 6.07 Å². The van der Waals surface area contributed by atoms with Gasteiger partial charge in [0.05, 0.1) is 12.7 Å². The van der Waals surface area contributed by atoms with Gasteiger partial charge in [0.15, 0.2) is 0 Å². The number of halogens is 2. The molecule has 0 aliphatic heterocycles. The lowest BCUT2D eigenvalue weighted by molar-refractivity contribution is -0.136. The topological polar surface area (TPSA) is 72.8 Å². The van der Waals surface area contributed by atoms with Gasteiger partial charge in [0, 0.05) is 6.42 Å². The minimum Gasteiger partial charge on any atom is -0.481 e. The van der Waals surface area contributed by atoms with Crippen molar-refractivity contribution in [1.82, 2.24) is 0 Å². The molecule has 1 N–H and O–H groups in total. The molecule has 0 bridgehead atoms. The Bertz CT molecular complexity index is 473. The highest BCUT2D eigenvalue weighted by molar-refractivity contribution is 5.89. The van der Waals surface area contributed by atoms with Gasteiger partial charge in [-0.15, -0.1) is 0 Å². The van der Waals surface area contributed by atoms with Crippen molar-refractivity contribution in [2.75, 3.05) is 7.11 Å². The van der Waals surface area contributed by atoms with Crippen LogP contribution in [-0.4, -0.2) is 30.8 Å². The molecule has 7 heteroatoms. The molecule has 0 heterocycles. The smallest absolute Gasteiger partial charge is 0.387 e. The lowest BCUT2D eigenvalue weighted by Crippen LogP contribution is -2.08. The summed E-state index contributed by atoms with van der Waals surface area (Å²) in [6.07, 6.45) is -0.198. The Hall–Kier alpha value is -2.18. The second kappa shape index (κ2) is 6.67. The number of esters is 1. The second-order valence-corrected chi connectivity index (χ2v) is 3.59. The maximum absolute atomic E-state index is 12.3. The maximum Gasteiger partial charge on any atom is 0.387 e. The number of aliphatic carboxylic acids is 1. The molecule has 0 aliphatic rings. The lowest BCUT2D eigenvalue weighted by atomic mass is 10.1. The van der Waals surface area contributed by atoms with E-state index >= 15 is 0 Å². The van der Waals surface area contributed by atoms with E-state index in [2.05, 4.69) is 9.47 Å². The van der Waals surface area contributed by atoms with Crippen LogP contribution in [0.2, 0.25) is 0 Å². The Morgan fingerprint density at radius 1 is 1.37 bits per heavy atom. The van der Waals surface area contributed by atoms with Crippen molar-refractivity contribution in [2.24, 2.45) is 0 Å². The predicted molar refractivity (Wildman–Crippen MR) is 60.4 cm³/mol. The number of alkyl halides is 2. The molecule has 19 heavy (non-hydrogen) atoms. The van der Waals surface area contributed by atoms with E-state index in [4.69, 9.17) is 5.11 Å². The van der Waals surface area contributed by atoms with Crippen molar-refractivity contribution in [3.05, 3.63) is 29.3 Å². The van der Waals surface area contributed by atoms with Crippen LogP contribution in [0.15, 0.2) is 18.2 Å². The molecule has 104 valence electrons. The highest BCUT2D eigenvalue weighted by atomic mass is 19.3. The molecule has 0 atom stereocenters. The molecule has 0 aromatic heterocycles. The standard InChI is InChI=1S/C12H12F2O5/c1-18-11(17)8-3-2-7(4-5-10(15)16)9(6-8)19-12(13)14/h2-3,6,12H,4-5H2,1H3,(H,15,16). The summed E-state index contributed by atoms with van der Waals surface area (Å²) >= 11 is 0. The van der Waals surface area contributed by atoms with Crippen LogP contribution in [0.5, 0.6) is 5.75 Å². The van der Waals surface area contributed by atoms with Crippen LogP contribution in [0.25, 0.3) is 0 Å². The first-order chi connectivity index (χ1) is 8.93. The first-order valence-corrected chi connectivity index (χ1v) is 5.32. The van der Waals surface area contributed by atoms with E-state index in [1.54, 1.807) is 0 Å². The number of carboxylic acid groups (broad SMARTS) is 1. The zero-order valence-electron chi connectivity index (χ0n) is 10.1. The van der Waals surface area contributed by atoms with Crippen LogP contribution < -0.4 is 4.74 Å². The zero-order valence-corrected chi connectivity index (χ0v) is 10.1. The van der Waals surface area contributed by atoms with Crippen LogP contribution in [0.4, 0.5) is 8.78 Å². The zero-order chi connectivity index (χ0) is 14.4. The lowest BCUT2D eigenvalue weighted by Gasteiger charge is -2.11. The Balaban J connectivity index is 3.01.